The highest BCUT2D eigenvalue weighted by Gasteiger charge is 2.24. The molecule has 1 aliphatic rings. The summed E-state index contributed by atoms with van der Waals surface area (Å²) in [6, 6.07) is -2.53. The van der Waals surface area contributed by atoms with E-state index in [1.165, 1.54) is 0 Å². The number of amides is 2. The van der Waals surface area contributed by atoms with Crippen molar-refractivity contribution in [2.75, 3.05) is 19.6 Å². The van der Waals surface area contributed by atoms with E-state index in [2.05, 4.69) is 5.32 Å². The van der Waals surface area contributed by atoms with Crippen LogP contribution in [0, 0.1) is 5.41 Å². The van der Waals surface area contributed by atoms with Gasteiger partial charge in [0.25, 0.3) is 0 Å². The van der Waals surface area contributed by atoms with E-state index >= 15 is 0 Å². The molecular formula is C14H22N6O6. The summed E-state index contributed by atoms with van der Waals surface area (Å²) in [7, 11) is 0. The van der Waals surface area contributed by atoms with E-state index in [9.17, 15) is 19.2 Å². The summed E-state index contributed by atoms with van der Waals surface area (Å²) in [4.78, 5) is 46.6. The normalized spacial score (nSPS) is 15.6. The number of carboxylic acids is 2. The summed E-state index contributed by atoms with van der Waals surface area (Å²) in [6.07, 6.45) is 1.24. The van der Waals surface area contributed by atoms with E-state index in [-0.39, 0.29) is 12.4 Å². The molecule has 2 atom stereocenters. The minimum absolute atomic E-state index is 0.0831. The molecule has 0 aromatic rings. The Hall–Kier alpha value is -3.15. The molecule has 26 heavy (non-hydrogen) atoms. The molecule has 0 spiro atoms. The van der Waals surface area contributed by atoms with Crippen LogP contribution in [0.2, 0.25) is 0 Å². The lowest BCUT2D eigenvalue weighted by atomic mass is 10.1. The Morgan fingerprint density at radius 2 is 1.96 bits per heavy atom. The molecule has 2 amide bonds. The average molecular weight is 370 g/mol. The molecule has 1 rings (SSSR count). The van der Waals surface area contributed by atoms with Crippen LogP contribution in [0.15, 0.2) is 11.6 Å². The summed E-state index contributed by atoms with van der Waals surface area (Å²) < 4.78 is 0. The van der Waals surface area contributed by atoms with Crippen molar-refractivity contribution in [3.05, 3.63) is 11.6 Å². The number of guanidine groups is 1. The number of nitrogens with zero attached hydrogens (tertiary/aromatic N) is 1. The zero-order valence-electron chi connectivity index (χ0n) is 13.9. The first-order valence-corrected chi connectivity index (χ1v) is 7.64. The van der Waals surface area contributed by atoms with Crippen LogP contribution in [0.1, 0.15) is 12.8 Å². The molecule has 0 saturated carbocycles. The van der Waals surface area contributed by atoms with E-state index in [0.717, 1.165) is 5.57 Å². The second-order valence-corrected chi connectivity index (χ2v) is 5.71. The maximum absolute atomic E-state index is 11.9. The van der Waals surface area contributed by atoms with Gasteiger partial charge in [-0.05, 0) is 6.42 Å². The van der Waals surface area contributed by atoms with Gasteiger partial charge in [-0.25, -0.2) is 4.79 Å². The number of carboxylic acid groups (broad SMARTS) is 2. The van der Waals surface area contributed by atoms with Crippen molar-refractivity contribution in [2.45, 2.75) is 24.9 Å². The van der Waals surface area contributed by atoms with Gasteiger partial charge in [0.05, 0.1) is 19.0 Å². The zero-order chi connectivity index (χ0) is 19.9. The van der Waals surface area contributed by atoms with Crippen LogP contribution in [0.5, 0.6) is 0 Å². The number of hydrogen-bond acceptors (Lipinski definition) is 6. The van der Waals surface area contributed by atoms with Crippen LogP contribution in [0.25, 0.3) is 0 Å². The second-order valence-electron chi connectivity index (χ2n) is 5.71. The molecule has 0 aromatic carbocycles. The Morgan fingerprint density at radius 1 is 1.31 bits per heavy atom. The second kappa shape index (κ2) is 9.36. The lowest BCUT2D eigenvalue weighted by Crippen LogP contribution is -2.49. The molecule has 0 aliphatic carbocycles. The van der Waals surface area contributed by atoms with Crippen LogP contribution < -0.4 is 22.1 Å². The van der Waals surface area contributed by atoms with Crippen molar-refractivity contribution in [1.29, 1.82) is 5.41 Å². The first-order chi connectivity index (χ1) is 12.1. The molecular weight excluding hydrogens is 348 g/mol. The summed E-state index contributed by atoms with van der Waals surface area (Å²) >= 11 is 0. The number of carbonyl (C=O) groups is 4. The van der Waals surface area contributed by atoms with Gasteiger partial charge in [-0.3, -0.25) is 19.8 Å². The van der Waals surface area contributed by atoms with Gasteiger partial charge in [0.1, 0.15) is 6.04 Å². The van der Waals surface area contributed by atoms with Gasteiger partial charge >= 0.3 is 11.9 Å². The van der Waals surface area contributed by atoms with Crippen LogP contribution >= 0.6 is 0 Å². The minimum atomic E-state index is -1.59. The van der Waals surface area contributed by atoms with Crippen LogP contribution in [-0.2, 0) is 19.2 Å². The molecule has 0 radical (unpaired) electrons. The van der Waals surface area contributed by atoms with Crippen molar-refractivity contribution in [1.82, 2.24) is 15.5 Å². The quantitative estimate of drug-likeness (QED) is 0.125. The predicted molar refractivity (Wildman–Crippen MR) is 89.0 cm³/mol. The zero-order valence-corrected chi connectivity index (χ0v) is 13.9. The van der Waals surface area contributed by atoms with Crippen molar-refractivity contribution in [2.24, 2.45) is 11.5 Å². The van der Waals surface area contributed by atoms with E-state index in [4.69, 9.17) is 27.1 Å². The van der Waals surface area contributed by atoms with E-state index in [1.54, 1.807) is 4.90 Å². The third kappa shape index (κ3) is 6.76. The van der Waals surface area contributed by atoms with Crippen molar-refractivity contribution < 1.29 is 29.4 Å². The maximum Gasteiger partial charge on any atom is 0.326 e. The number of rotatable bonds is 9. The molecule has 12 nitrogen and oxygen atoms in total. The highest BCUT2D eigenvalue weighted by Crippen LogP contribution is 2.13. The Bertz CT molecular complexity index is 633. The largest absolute Gasteiger partial charge is 0.481 e. The van der Waals surface area contributed by atoms with E-state index in [1.807, 2.05) is 11.4 Å². The van der Waals surface area contributed by atoms with E-state index < -0.39 is 48.8 Å². The highest BCUT2D eigenvalue weighted by atomic mass is 16.4. The molecule has 144 valence electrons. The number of aliphatic carboxylic acids is 2. The SMILES string of the molecule is N=C(N)N1CC=C(CC(N)C(=O)NCC(=O)NC(CC(=O)O)C(=O)O)C1. The molecule has 0 bridgehead atoms. The van der Waals surface area contributed by atoms with Crippen molar-refractivity contribution >= 4 is 29.7 Å². The predicted octanol–water partition coefficient (Wildman–Crippen LogP) is -3.00. The standard InChI is InChI=1S/C14H22N6O6/c15-8(3-7-1-2-20(6-7)14(16)17)12(24)18-5-10(21)19-9(13(25)26)4-11(22)23/h1,8-9H,2-6,15H2,(H3,16,17)(H,18,24)(H,19,21)(H,22,23)(H,25,26). The lowest BCUT2D eigenvalue weighted by molar-refractivity contribution is -0.147. The fraction of sp³-hybridized carbons (Fsp3) is 0.500. The van der Waals surface area contributed by atoms with Gasteiger partial charge in [0, 0.05) is 13.1 Å². The monoisotopic (exact) mass is 370 g/mol. The minimum Gasteiger partial charge on any atom is -0.481 e. The fourth-order valence-corrected chi connectivity index (χ4v) is 2.24. The number of nitrogens with two attached hydrogens (primary N) is 2. The van der Waals surface area contributed by atoms with Crippen LogP contribution in [0.4, 0.5) is 0 Å². The fourth-order valence-electron chi connectivity index (χ4n) is 2.24. The van der Waals surface area contributed by atoms with E-state index in [0.29, 0.717) is 13.1 Å². The number of nitrogens with one attached hydrogen (secondary N) is 3. The molecule has 0 fully saturated rings. The highest BCUT2D eigenvalue weighted by molar-refractivity contribution is 5.90. The molecule has 1 heterocycles. The Kier molecular flexibility index (Phi) is 7.52. The van der Waals surface area contributed by atoms with Crippen LogP contribution in [-0.4, -0.2) is 76.5 Å². The summed E-state index contributed by atoms with van der Waals surface area (Å²) in [5.41, 5.74) is 12.0. The Morgan fingerprint density at radius 3 is 2.46 bits per heavy atom. The third-order valence-corrected chi connectivity index (χ3v) is 3.59. The molecule has 0 saturated heterocycles. The number of hydrogen-bond donors (Lipinski definition) is 7. The molecule has 1 aliphatic heterocycles. The summed E-state index contributed by atoms with van der Waals surface area (Å²) in [6.45, 7) is 0.322. The van der Waals surface area contributed by atoms with Crippen molar-refractivity contribution in [3.63, 3.8) is 0 Å². The third-order valence-electron chi connectivity index (χ3n) is 3.59. The topological polar surface area (TPSA) is 212 Å². The number of carbonyl (C=O) groups excluding carboxylic acids is 2. The summed E-state index contributed by atoms with van der Waals surface area (Å²) in [5, 5.41) is 29.0. The Balaban J connectivity index is 2.40. The van der Waals surface area contributed by atoms with Crippen molar-refractivity contribution in [3.8, 4) is 0 Å². The molecule has 0 aromatic heterocycles. The first-order valence-electron chi connectivity index (χ1n) is 7.64. The smallest absolute Gasteiger partial charge is 0.326 e. The first kappa shape index (κ1) is 20.9. The molecule has 12 heteroatoms. The van der Waals surface area contributed by atoms with Gasteiger partial charge in [0.15, 0.2) is 5.96 Å². The van der Waals surface area contributed by atoms with Gasteiger partial charge in [-0.2, -0.15) is 0 Å². The van der Waals surface area contributed by atoms with Crippen LogP contribution in [0.3, 0.4) is 0 Å². The van der Waals surface area contributed by atoms with Gasteiger partial charge < -0.3 is 37.2 Å². The summed E-state index contributed by atoms with van der Waals surface area (Å²) in [5.74, 6) is -4.42. The van der Waals surface area contributed by atoms with Gasteiger partial charge in [0.2, 0.25) is 11.8 Å². The average Bonchev–Trinajstić information content (AvgIpc) is 3.00. The maximum atomic E-state index is 11.9. The lowest BCUT2D eigenvalue weighted by Gasteiger charge is -2.17. The molecule has 2 unspecified atom stereocenters. The Labute approximate surface area is 148 Å². The molecule has 9 N–H and O–H groups in total. The van der Waals surface area contributed by atoms with Gasteiger partial charge in [-0.1, -0.05) is 11.6 Å². The van der Waals surface area contributed by atoms with Gasteiger partial charge in [-0.15, -0.1) is 0 Å².